The van der Waals surface area contributed by atoms with Gasteiger partial charge in [-0.3, -0.25) is 4.79 Å². The Morgan fingerprint density at radius 2 is 1.81 bits per heavy atom. The smallest absolute Gasteiger partial charge is 0.248 e. The van der Waals surface area contributed by atoms with Crippen LogP contribution in [0.1, 0.15) is 5.56 Å². The molecule has 1 aliphatic rings. The van der Waals surface area contributed by atoms with Crippen LogP contribution >= 0.6 is 11.6 Å². The SMILES string of the molecule is O=C(C=Cc1ccccc1)Nc1ccc(Cl)c(S(=O)(=O)N2CCOCC2)c1. The predicted octanol–water partition coefficient (Wildman–Crippen LogP) is 3.01. The highest BCUT2D eigenvalue weighted by atomic mass is 35.5. The van der Waals surface area contributed by atoms with Crippen molar-refractivity contribution in [1.29, 1.82) is 0 Å². The molecule has 1 N–H and O–H groups in total. The summed E-state index contributed by atoms with van der Waals surface area (Å²) in [6, 6.07) is 13.8. The number of carbonyl (C=O) groups excluding carboxylic acids is 1. The molecule has 0 unspecified atom stereocenters. The predicted molar refractivity (Wildman–Crippen MR) is 105 cm³/mol. The third-order valence-corrected chi connectivity index (χ3v) is 6.39. The Morgan fingerprint density at radius 1 is 1.11 bits per heavy atom. The zero-order valence-electron chi connectivity index (χ0n) is 14.5. The number of benzene rings is 2. The third kappa shape index (κ3) is 4.95. The summed E-state index contributed by atoms with van der Waals surface area (Å²) in [6.07, 6.45) is 3.07. The molecule has 0 radical (unpaired) electrons. The standard InChI is InChI=1S/C19H19ClN2O4S/c20-17-8-7-16(21-19(23)9-6-15-4-2-1-3-5-15)14-18(17)27(24,25)22-10-12-26-13-11-22/h1-9,14H,10-13H2,(H,21,23). The van der Waals surface area contributed by atoms with Crippen LogP contribution in [0.15, 0.2) is 59.5 Å². The van der Waals surface area contributed by atoms with Gasteiger partial charge in [-0.15, -0.1) is 0 Å². The van der Waals surface area contributed by atoms with Crippen LogP contribution in [0, 0.1) is 0 Å². The number of nitrogens with zero attached hydrogens (tertiary/aromatic N) is 1. The van der Waals surface area contributed by atoms with E-state index < -0.39 is 10.0 Å². The van der Waals surface area contributed by atoms with Crippen molar-refractivity contribution in [2.45, 2.75) is 4.90 Å². The van der Waals surface area contributed by atoms with Crippen molar-refractivity contribution in [3.8, 4) is 0 Å². The van der Waals surface area contributed by atoms with E-state index in [-0.39, 0.29) is 28.9 Å². The van der Waals surface area contributed by atoms with E-state index in [1.807, 2.05) is 30.3 Å². The van der Waals surface area contributed by atoms with Gasteiger partial charge in [-0.2, -0.15) is 4.31 Å². The lowest BCUT2D eigenvalue weighted by molar-refractivity contribution is -0.111. The van der Waals surface area contributed by atoms with E-state index in [1.54, 1.807) is 12.1 Å². The Bertz CT molecular complexity index is 939. The number of ether oxygens (including phenoxy) is 1. The van der Waals surface area contributed by atoms with E-state index in [1.165, 1.54) is 22.5 Å². The molecule has 6 nitrogen and oxygen atoms in total. The fraction of sp³-hybridized carbons (Fsp3) is 0.211. The maximum absolute atomic E-state index is 12.8. The van der Waals surface area contributed by atoms with E-state index in [9.17, 15) is 13.2 Å². The van der Waals surface area contributed by atoms with Gasteiger partial charge in [0.15, 0.2) is 0 Å². The van der Waals surface area contributed by atoms with Crippen LogP contribution in [0.3, 0.4) is 0 Å². The number of amides is 1. The van der Waals surface area contributed by atoms with Gasteiger partial charge in [0.2, 0.25) is 15.9 Å². The number of anilines is 1. The molecule has 2 aromatic carbocycles. The molecule has 1 saturated heterocycles. The first-order valence-electron chi connectivity index (χ1n) is 8.38. The average molecular weight is 407 g/mol. The van der Waals surface area contributed by atoms with Gasteiger partial charge in [0.1, 0.15) is 4.90 Å². The zero-order valence-corrected chi connectivity index (χ0v) is 16.0. The van der Waals surface area contributed by atoms with Crippen molar-refractivity contribution >= 4 is 39.3 Å². The van der Waals surface area contributed by atoms with Gasteiger partial charge in [0, 0.05) is 24.9 Å². The molecule has 0 bridgehead atoms. The number of hydrogen-bond donors (Lipinski definition) is 1. The molecule has 0 spiro atoms. The van der Waals surface area contributed by atoms with Gasteiger partial charge in [-0.25, -0.2) is 8.42 Å². The number of carbonyl (C=O) groups is 1. The molecule has 1 heterocycles. The number of sulfonamides is 1. The number of nitrogens with one attached hydrogen (secondary N) is 1. The molecule has 1 aliphatic heterocycles. The number of hydrogen-bond acceptors (Lipinski definition) is 4. The van der Waals surface area contributed by atoms with Gasteiger partial charge in [-0.05, 0) is 29.8 Å². The van der Waals surface area contributed by atoms with E-state index in [0.717, 1.165) is 5.56 Å². The quantitative estimate of drug-likeness (QED) is 0.774. The molecular weight excluding hydrogens is 388 g/mol. The lowest BCUT2D eigenvalue weighted by Gasteiger charge is -2.26. The Morgan fingerprint density at radius 3 is 2.52 bits per heavy atom. The number of rotatable bonds is 5. The first kappa shape index (κ1) is 19.6. The van der Waals surface area contributed by atoms with E-state index in [2.05, 4.69) is 5.32 Å². The first-order valence-corrected chi connectivity index (χ1v) is 10.2. The van der Waals surface area contributed by atoms with Crippen LogP contribution in [-0.2, 0) is 19.6 Å². The summed E-state index contributed by atoms with van der Waals surface area (Å²) in [5.41, 5.74) is 1.24. The summed E-state index contributed by atoms with van der Waals surface area (Å²) in [4.78, 5) is 12.1. The molecule has 2 aromatic rings. The van der Waals surface area contributed by atoms with Crippen molar-refractivity contribution in [2.75, 3.05) is 31.6 Å². The van der Waals surface area contributed by atoms with Crippen molar-refractivity contribution in [3.63, 3.8) is 0 Å². The lowest BCUT2D eigenvalue weighted by Crippen LogP contribution is -2.40. The summed E-state index contributed by atoms with van der Waals surface area (Å²) in [7, 11) is -3.75. The maximum atomic E-state index is 12.8. The van der Waals surface area contributed by atoms with Crippen LogP contribution < -0.4 is 5.32 Å². The zero-order chi connectivity index (χ0) is 19.3. The minimum atomic E-state index is -3.75. The van der Waals surface area contributed by atoms with Crippen molar-refractivity contribution in [1.82, 2.24) is 4.31 Å². The highest BCUT2D eigenvalue weighted by molar-refractivity contribution is 7.89. The van der Waals surface area contributed by atoms with Gasteiger partial charge in [0.25, 0.3) is 0 Å². The summed E-state index contributed by atoms with van der Waals surface area (Å²) >= 11 is 6.11. The highest BCUT2D eigenvalue weighted by Crippen LogP contribution is 2.28. The van der Waals surface area contributed by atoms with Crippen LogP contribution in [0.4, 0.5) is 5.69 Å². The molecule has 142 valence electrons. The molecule has 0 saturated carbocycles. The van der Waals surface area contributed by atoms with Crippen LogP contribution in [-0.4, -0.2) is 44.9 Å². The first-order chi connectivity index (χ1) is 13.0. The number of halogens is 1. The summed E-state index contributed by atoms with van der Waals surface area (Å²) < 4.78 is 32.2. The molecule has 0 atom stereocenters. The fourth-order valence-corrected chi connectivity index (χ4v) is 4.53. The average Bonchev–Trinajstić information content (AvgIpc) is 2.69. The Balaban J connectivity index is 1.77. The van der Waals surface area contributed by atoms with Gasteiger partial charge < -0.3 is 10.1 Å². The Labute approximate surface area is 163 Å². The molecule has 1 fully saturated rings. The second-order valence-corrected chi connectivity index (χ2v) is 8.21. The molecular formula is C19H19ClN2O4S. The lowest BCUT2D eigenvalue weighted by atomic mass is 10.2. The van der Waals surface area contributed by atoms with Gasteiger partial charge in [-0.1, -0.05) is 41.9 Å². The molecule has 0 aliphatic carbocycles. The maximum Gasteiger partial charge on any atom is 0.248 e. The molecule has 3 rings (SSSR count). The minimum absolute atomic E-state index is 0.0316. The summed E-state index contributed by atoms with van der Waals surface area (Å²) in [5, 5.41) is 2.77. The molecule has 8 heteroatoms. The third-order valence-electron chi connectivity index (χ3n) is 4.01. The van der Waals surface area contributed by atoms with Crippen LogP contribution in [0.2, 0.25) is 5.02 Å². The molecule has 1 amide bonds. The largest absolute Gasteiger partial charge is 0.379 e. The Kier molecular flexibility index (Phi) is 6.28. The monoisotopic (exact) mass is 406 g/mol. The van der Waals surface area contributed by atoms with E-state index >= 15 is 0 Å². The highest BCUT2D eigenvalue weighted by Gasteiger charge is 2.28. The molecule has 27 heavy (non-hydrogen) atoms. The van der Waals surface area contributed by atoms with Crippen molar-refractivity contribution in [3.05, 3.63) is 65.2 Å². The summed E-state index contributed by atoms with van der Waals surface area (Å²) in [6.45, 7) is 1.24. The van der Waals surface area contributed by atoms with E-state index in [4.69, 9.17) is 16.3 Å². The summed E-state index contributed by atoms with van der Waals surface area (Å²) in [5.74, 6) is -0.365. The normalized spacial score (nSPS) is 15.7. The topological polar surface area (TPSA) is 75.7 Å². The van der Waals surface area contributed by atoms with Gasteiger partial charge >= 0.3 is 0 Å². The number of morpholine rings is 1. The van der Waals surface area contributed by atoms with Gasteiger partial charge in [0.05, 0.1) is 18.2 Å². The Hall–Kier alpha value is -2.19. The van der Waals surface area contributed by atoms with Crippen LogP contribution in [0.5, 0.6) is 0 Å². The van der Waals surface area contributed by atoms with Crippen molar-refractivity contribution in [2.24, 2.45) is 0 Å². The minimum Gasteiger partial charge on any atom is -0.379 e. The van der Waals surface area contributed by atoms with E-state index in [0.29, 0.717) is 18.9 Å². The van der Waals surface area contributed by atoms with Crippen LogP contribution in [0.25, 0.3) is 6.08 Å². The second-order valence-electron chi connectivity index (χ2n) is 5.89. The fourth-order valence-electron chi connectivity index (χ4n) is 2.62. The van der Waals surface area contributed by atoms with Crippen molar-refractivity contribution < 1.29 is 17.9 Å². The second kappa shape index (κ2) is 8.67. The molecule has 0 aromatic heterocycles.